The molecular weight excluding hydrogens is 469 g/mol. The van der Waals surface area contributed by atoms with Gasteiger partial charge in [-0.2, -0.15) is 10.2 Å². The fourth-order valence-electron chi connectivity index (χ4n) is 4.41. The Bertz CT molecular complexity index is 1620. The number of aromatic nitrogens is 5. The molecule has 0 aliphatic heterocycles. The van der Waals surface area contributed by atoms with Gasteiger partial charge in [-0.05, 0) is 59.9 Å². The fourth-order valence-corrected chi connectivity index (χ4v) is 4.60. The Hall–Kier alpha value is -3.75. The molecule has 2 aromatic carbocycles. The van der Waals surface area contributed by atoms with Gasteiger partial charge in [-0.3, -0.25) is 14.6 Å². The average molecular weight is 490 g/mol. The summed E-state index contributed by atoms with van der Waals surface area (Å²) in [6, 6.07) is 13.2. The molecule has 1 fully saturated rings. The van der Waals surface area contributed by atoms with Crippen molar-refractivity contribution in [3.05, 3.63) is 93.9 Å². The predicted molar refractivity (Wildman–Crippen MR) is 132 cm³/mol. The summed E-state index contributed by atoms with van der Waals surface area (Å²) >= 11 is 5.91. The van der Waals surface area contributed by atoms with Gasteiger partial charge in [0.15, 0.2) is 0 Å². The first-order valence-corrected chi connectivity index (χ1v) is 11.7. The normalized spacial score (nSPS) is 14.5. The van der Waals surface area contributed by atoms with Gasteiger partial charge in [0, 0.05) is 29.4 Å². The predicted octanol–water partition coefficient (Wildman–Crippen LogP) is 4.96. The maximum atomic E-state index is 13.6. The Morgan fingerprint density at radius 2 is 1.94 bits per heavy atom. The summed E-state index contributed by atoms with van der Waals surface area (Å²) in [5.74, 6) is -0.552. The molecule has 35 heavy (non-hydrogen) atoms. The molecule has 9 heteroatoms. The van der Waals surface area contributed by atoms with Gasteiger partial charge >= 0.3 is 0 Å². The van der Waals surface area contributed by atoms with E-state index in [-0.39, 0.29) is 17.2 Å². The lowest BCUT2D eigenvalue weighted by molar-refractivity contribution is 0.247. The molecule has 0 radical (unpaired) electrons. The largest absolute Gasteiger partial charge is 0.394 e. The molecule has 0 bridgehead atoms. The zero-order chi connectivity index (χ0) is 24.1. The van der Waals surface area contributed by atoms with Crippen LogP contribution in [0.3, 0.4) is 0 Å². The van der Waals surface area contributed by atoms with Crippen molar-refractivity contribution in [2.24, 2.45) is 0 Å². The number of fused-ring (bicyclic) bond motifs is 1. The number of nitrogens with one attached hydrogen (secondary N) is 1. The Morgan fingerprint density at radius 1 is 1.11 bits per heavy atom. The van der Waals surface area contributed by atoms with Crippen LogP contribution < -0.4 is 5.56 Å². The van der Waals surface area contributed by atoms with Gasteiger partial charge in [-0.1, -0.05) is 23.7 Å². The number of hydrogen-bond donors (Lipinski definition) is 2. The lowest BCUT2D eigenvalue weighted by Crippen LogP contribution is -2.26. The van der Waals surface area contributed by atoms with Gasteiger partial charge in [0.1, 0.15) is 11.5 Å². The van der Waals surface area contributed by atoms with Crippen LogP contribution in [0.15, 0.2) is 71.9 Å². The molecule has 1 aliphatic rings. The number of aromatic amines is 1. The number of H-pyrrole nitrogens is 1. The molecule has 0 amide bonds. The topological polar surface area (TPSA) is 88.7 Å². The van der Waals surface area contributed by atoms with E-state index in [0.29, 0.717) is 11.6 Å². The van der Waals surface area contributed by atoms with E-state index in [1.165, 1.54) is 28.8 Å². The van der Waals surface area contributed by atoms with Crippen LogP contribution in [0.2, 0.25) is 5.02 Å². The number of nitrogens with zero attached hydrogens (tertiary/aromatic N) is 4. The van der Waals surface area contributed by atoms with Gasteiger partial charge in [0.2, 0.25) is 0 Å². The van der Waals surface area contributed by atoms with Crippen LogP contribution in [0.25, 0.3) is 33.3 Å². The number of halogens is 2. The Morgan fingerprint density at radius 3 is 2.69 bits per heavy atom. The van der Waals surface area contributed by atoms with Gasteiger partial charge < -0.3 is 9.67 Å². The molecule has 3 heterocycles. The lowest BCUT2D eigenvalue weighted by Gasteiger charge is -2.19. The van der Waals surface area contributed by atoms with Crippen LogP contribution in [-0.4, -0.2) is 36.3 Å². The van der Waals surface area contributed by atoms with E-state index in [2.05, 4.69) is 15.3 Å². The van der Waals surface area contributed by atoms with Crippen LogP contribution >= 0.6 is 11.6 Å². The van der Waals surface area contributed by atoms with Gasteiger partial charge in [0.25, 0.3) is 5.56 Å². The third-order valence-corrected chi connectivity index (χ3v) is 6.77. The van der Waals surface area contributed by atoms with E-state index in [1.54, 1.807) is 6.20 Å². The summed E-state index contributed by atoms with van der Waals surface area (Å²) in [6.45, 7) is -0.333. The van der Waals surface area contributed by atoms with E-state index < -0.39 is 11.9 Å². The van der Waals surface area contributed by atoms with Crippen LogP contribution in [0.4, 0.5) is 4.39 Å². The smallest absolute Gasteiger partial charge is 0.251 e. The summed E-state index contributed by atoms with van der Waals surface area (Å²) in [5.41, 5.74) is 4.51. The monoisotopic (exact) mass is 489 g/mol. The number of pyridine rings is 1. The Kier molecular flexibility index (Phi) is 5.27. The molecule has 0 saturated heterocycles. The van der Waals surface area contributed by atoms with Crippen LogP contribution in [0.5, 0.6) is 0 Å². The van der Waals surface area contributed by atoms with E-state index in [4.69, 9.17) is 11.6 Å². The first-order chi connectivity index (χ1) is 17.0. The summed E-state index contributed by atoms with van der Waals surface area (Å²) < 4.78 is 17.0. The number of aliphatic hydroxyl groups is 1. The van der Waals surface area contributed by atoms with Gasteiger partial charge in [-0.15, -0.1) is 0 Å². The second-order valence-corrected chi connectivity index (χ2v) is 9.21. The van der Waals surface area contributed by atoms with Crippen molar-refractivity contribution < 1.29 is 9.50 Å². The molecule has 2 N–H and O–H groups in total. The fraction of sp³-hybridized carbons (Fsp3) is 0.192. The van der Waals surface area contributed by atoms with Crippen molar-refractivity contribution in [1.82, 2.24) is 24.5 Å². The van der Waals surface area contributed by atoms with Crippen LogP contribution in [-0.2, 0) is 0 Å². The molecule has 1 aliphatic carbocycles. The number of rotatable bonds is 6. The molecule has 1 saturated carbocycles. The Balaban J connectivity index is 1.36. The SMILES string of the molecule is O=c1cc(-c2ccc3[nH]nc(-c4cnn(C5CC5)c4)c3c2)ccn1C(CO)c1ccc(F)c(Cl)c1. The minimum absolute atomic E-state index is 0.0579. The zero-order valence-electron chi connectivity index (χ0n) is 18.5. The van der Waals surface area contributed by atoms with Crippen molar-refractivity contribution in [2.45, 2.75) is 24.9 Å². The highest BCUT2D eigenvalue weighted by Gasteiger charge is 2.25. The van der Waals surface area contributed by atoms with E-state index in [0.717, 1.165) is 46.1 Å². The highest BCUT2D eigenvalue weighted by molar-refractivity contribution is 6.30. The second-order valence-electron chi connectivity index (χ2n) is 8.81. The molecule has 3 aromatic heterocycles. The van der Waals surface area contributed by atoms with Gasteiger partial charge in [-0.25, -0.2) is 4.39 Å². The van der Waals surface area contributed by atoms with Gasteiger partial charge in [0.05, 0.1) is 35.4 Å². The van der Waals surface area contributed by atoms with Crippen molar-refractivity contribution >= 4 is 22.5 Å². The number of hydrogen-bond acceptors (Lipinski definition) is 4. The molecule has 5 aromatic rings. The number of benzene rings is 2. The molecule has 1 atom stereocenters. The minimum atomic E-state index is -0.680. The zero-order valence-corrected chi connectivity index (χ0v) is 19.3. The minimum Gasteiger partial charge on any atom is -0.394 e. The van der Waals surface area contributed by atoms with Crippen molar-refractivity contribution in [3.8, 4) is 22.4 Å². The third-order valence-electron chi connectivity index (χ3n) is 6.48. The lowest BCUT2D eigenvalue weighted by atomic mass is 10.0. The summed E-state index contributed by atoms with van der Waals surface area (Å²) in [6.07, 6.45) is 7.80. The standard InChI is InChI=1S/C26H21ClFN5O2/c27-21-10-17(1-5-22(21)28)24(14-34)32-8-7-16(11-25(32)35)15-2-6-23-20(9-15)26(31-30-23)18-12-29-33(13-18)19-3-4-19/h1-2,5-13,19,24,34H,3-4,14H2,(H,30,31). The second kappa shape index (κ2) is 8.48. The molecule has 1 unspecified atom stereocenters. The first-order valence-electron chi connectivity index (χ1n) is 11.3. The Labute approximate surface area is 204 Å². The number of aliphatic hydroxyl groups excluding tert-OH is 1. The van der Waals surface area contributed by atoms with E-state index >= 15 is 0 Å². The van der Waals surface area contributed by atoms with Crippen molar-refractivity contribution in [2.75, 3.05) is 6.61 Å². The first kappa shape index (κ1) is 21.8. The maximum Gasteiger partial charge on any atom is 0.251 e. The molecule has 176 valence electrons. The summed E-state index contributed by atoms with van der Waals surface area (Å²) in [5, 5.41) is 22.9. The highest BCUT2D eigenvalue weighted by atomic mass is 35.5. The van der Waals surface area contributed by atoms with E-state index in [9.17, 15) is 14.3 Å². The van der Waals surface area contributed by atoms with Crippen LogP contribution in [0.1, 0.15) is 30.5 Å². The molecule has 6 rings (SSSR count). The molecule has 0 spiro atoms. The van der Waals surface area contributed by atoms with Crippen LogP contribution in [0, 0.1) is 5.82 Å². The quantitative estimate of drug-likeness (QED) is 0.352. The summed E-state index contributed by atoms with van der Waals surface area (Å²) in [7, 11) is 0. The maximum absolute atomic E-state index is 13.6. The third kappa shape index (κ3) is 3.94. The summed E-state index contributed by atoms with van der Waals surface area (Å²) in [4.78, 5) is 13.0. The molecular formula is C26H21ClFN5O2. The molecule has 7 nitrogen and oxygen atoms in total. The average Bonchev–Trinajstić information content (AvgIpc) is 3.44. The highest BCUT2D eigenvalue weighted by Crippen LogP contribution is 2.36. The van der Waals surface area contributed by atoms with Crippen molar-refractivity contribution in [3.63, 3.8) is 0 Å². The van der Waals surface area contributed by atoms with Crippen molar-refractivity contribution in [1.29, 1.82) is 0 Å². The van der Waals surface area contributed by atoms with E-state index in [1.807, 2.05) is 41.3 Å².